The molecule has 0 bridgehead atoms. The number of fused-ring (bicyclic) bond motifs is 1. The van der Waals surface area contributed by atoms with E-state index in [0.29, 0.717) is 11.5 Å². The molecule has 1 aliphatic rings. The summed E-state index contributed by atoms with van der Waals surface area (Å²) in [4.78, 5) is 17.0. The van der Waals surface area contributed by atoms with Crippen LogP contribution in [0.15, 0.2) is 42.6 Å². The van der Waals surface area contributed by atoms with Crippen LogP contribution < -0.4 is 0 Å². The molecule has 0 unspecified atom stereocenters. The lowest BCUT2D eigenvalue weighted by atomic mass is 9.93. The van der Waals surface area contributed by atoms with Gasteiger partial charge in [0.2, 0.25) is 0 Å². The van der Waals surface area contributed by atoms with Gasteiger partial charge in [-0.1, -0.05) is 25.0 Å². The second-order valence-corrected chi connectivity index (χ2v) is 7.11. The molecule has 0 radical (unpaired) electrons. The number of hydrogen-bond donors (Lipinski definition) is 1. The third-order valence-electron chi connectivity index (χ3n) is 4.64. The molecule has 1 fully saturated rings. The molecule has 0 saturated heterocycles. The molecule has 1 aliphatic carbocycles. The Morgan fingerprint density at radius 3 is 2.70 bits per heavy atom. The number of benzene rings is 1. The largest absolute Gasteiger partial charge is 0.478 e. The normalized spacial score (nSPS) is 15.3. The van der Waals surface area contributed by atoms with Gasteiger partial charge in [0.1, 0.15) is 0 Å². The third-order valence-corrected chi connectivity index (χ3v) is 5.83. The van der Waals surface area contributed by atoms with E-state index in [2.05, 4.69) is 4.98 Å². The zero-order valence-corrected chi connectivity index (χ0v) is 13.5. The Balaban J connectivity index is 1.96. The number of carboxylic acid groups (broad SMARTS) is 1. The molecule has 0 atom stereocenters. The number of pyridine rings is 1. The minimum atomic E-state index is -0.873. The molecule has 23 heavy (non-hydrogen) atoms. The number of aromatic carboxylic acids is 1. The van der Waals surface area contributed by atoms with E-state index in [1.54, 1.807) is 23.5 Å². The fourth-order valence-corrected chi connectivity index (χ4v) is 4.86. The summed E-state index contributed by atoms with van der Waals surface area (Å²) in [6, 6.07) is 11.5. The van der Waals surface area contributed by atoms with E-state index >= 15 is 0 Å². The molecule has 116 valence electrons. The summed E-state index contributed by atoms with van der Waals surface area (Å²) in [7, 11) is 0. The van der Waals surface area contributed by atoms with Gasteiger partial charge in [-0.15, -0.1) is 11.3 Å². The number of carboxylic acids is 1. The zero-order valence-electron chi connectivity index (χ0n) is 12.7. The van der Waals surface area contributed by atoms with Crippen LogP contribution in [0.25, 0.3) is 20.7 Å². The number of carbonyl (C=O) groups is 1. The van der Waals surface area contributed by atoms with Gasteiger partial charge in [-0.05, 0) is 54.0 Å². The van der Waals surface area contributed by atoms with Crippen LogP contribution >= 0.6 is 11.3 Å². The Kier molecular flexibility index (Phi) is 3.62. The van der Waals surface area contributed by atoms with Crippen LogP contribution in [0.2, 0.25) is 0 Å². The van der Waals surface area contributed by atoms with Crippen molar-refractivity contribution in [3.63, 3.8) is 0 Å². The van der Waals surface area contributed by atoms with Crippen LogP contribution in [0.4, 0.5) is 0 Å². The fraction of sp³-hybridized carbons (Fsp3) is 0.263. The highest BCUT2D eigenvalue weighted by molar-refractivity contribution is 7.22. The van der Waals surface area contributed by atoms with Gasteiger partial charge in [0.25, 0.3) is 0 Å². The van der Waals surface area contributed by atoms with Crippen molar-refractivity contribution in [2.75, 3.05) is 0 Å². The van der Waals surface area contributed by atoms with E-state index in [1.165, 1.54) is 41.5 Å². The van der Waals surface area contributed by atoms with E-state index in [0.717, 1.165) is 10.4 Å². The maximum absolute atomic E-state index is 11.3. The Bertz CT molecular complexity index is 864. The van der Waals surface area contributed by atoms with Crippen LogP contribution in [0.3, 0.4) is 0 Å². The molecule has 4 rings (SSSR count). The van der Waals surface area contributed by atoms with E-state index < -0.39 is 5.97 Å². The number of hydrogen-bond acceptors (Lipinski definition) is 3. The predicted octanol–water partition coefficient (Wildman–Crippen LogP) is 5.32. The second kappa shape index (κ2) is 5.78. The Morgan fingerprint density at radius 1 is 1.17 bits per heavy atom. The van der Waals surface area contributed by atoms with E-state index in [1.807, 2.05) is 30.5 Å². The number of thiophene rings is 1. The first-order chi connectivity index (χ1) is 11.2. The SMILES string of the molecule is O=C(O)c1ccc2c(C3CCCC3)c(-c3ccccn3)sc2c1. The average molecular weight is 323 g/mol. The second-order valence-electron chi connectivity index (χ2n) is 6.06. The smallest absolute Gasteiger partial charge is 0.335 e. The van der Waals surface area contributed by atoms with Crippen molar-refractivity contribution in [2.24, 2.45) is 0 Å². The standard InChI is InChI=1S/C19H17NO2S/c21-19(22)13-8-9-14-16(11-13)23-18(15-7-3-4-10-20-15)17(14)12-5-1-2-6-12/h3-4,7-12H,1-2,5-6H2,(H,21,22). The van der Waals surface area contributed by atoms with Crippen LogP contribution in [-0.4, -0.2) is 16.1 Å². The average Bonchev–Trinajstić information content (AvgIpc) is 3.21. The Hall–Kier alpha value is -2.20. The lowest BCUT2D eigenvalue weighted by molar-refractivity contribution is 0.0697. The molecule has 4 heteroatoms. The molecule has 1 N–H and O–H groups in total. The monoisotopic (exact) mass is 323 g/mol. The zero-order chi connectivity index (χ0) is 15.8. The molecular formula is C19H17NO2S. The van der Waals surface area contributed by atoms with E-state index in [9.17, 15) is 9.90 Å². The summed E-state index contributed by atoms with van der Waals surface area (Å²) in [5, 5.41) is 10.4. The number of nitrogens with zero attached hydrogens (tertiary/aromatic N) is 1. The van der Waals surface area contributed by atoms with Crippen molar-refractivity contribution >= 4 is 27.4 Å². The third kappa shape index (κ3) is 2.53. The van der Waals surface area contributed by atoms with Crippen LogP contribution in [0.5, 0.6) is 0 Å². The quantitative estimate of drug-likeness (QED) is 0.709. The summed E-state index contributed by atoms with van der Waals surface area (Å²) in [5.41, 5.74) is 2.72. The molecule has 0 spiro atoms. The first kappa shape index (κ1) is 14.4. The Labute approximate surface area is 138 Å². The van der Waals surface area contributed by atoms with Crippen molar-refractivity contribution < 1.29 is 9.90 Å². The molecule has 1 saturated carbocycles. The van der Waals surface area contributed by atoms with Gasteiger partial charge < -0.3 is 5.11 Å². The van der Waals surface area contributed by atoms with Gasteiger partial charge >= 0.3 is 5.97 Å². The minimum absolute atomic E-state index is 0.351. The van der Waals surface area contributed by atoms with Crippen molar-refractivity contribution in [3.8, 4) is 10.6 Å². The van der Waals surface area contributed by atoms with Gasteiger partial charge in [-0.25, -0.2) is 4.79 Å². The van der Waals surface area contributed by atoms with Crippen LogP contribution in [0.1, 0.15) is 47.5 Å². The first-order valence-corrected chi connectivity index (χ1v) is 8.77. The summed E-state index contributed by atoms with van der Waals surface area (Å²) < 4.78 is 1.05. The molecule has 0 aliphatic heterocycles. The molecular weight excluding hydrogens is 306 g/mol. The van der Waals surface area contributed by atoms with Crippen molar-refractivity contribution in [2.45, 2.75) is 31.6 Å². The summed E-state index contributed by atoms with van der Waals surface area (Å²) in [6.45, 7) is 0. The summed E-state index contributed by atoms with van der Waals surface area (Å²) in [6.07, 6.45) is 6.80. The molecule has 1 aromatic carbocycles. The van der Waals surface area contributed by atoms with E-state index in [4.69, 9.17) is 0 Å². The van der Waals surface area contributed by atoms with Crippen molar-refractivity contribution in [1.29, 1.82) is 0 Å². The number of aromatic nitrogens is 1. The van der Waals surface area contributed by atoms with Crippen molar-refractivity contribution in [1.82, 2.24) is 4.98 Å². The lowest BCUT2D eigenvalue weighted by Gasteiger charge is -2.11. The topological polar surface area (TPSA) is 50.2 Å². The molecule has 0 amide bonds. The van der Waals surface area contributed by atoms with Gasteiger partial charge in [-0.2, -0.15) is 0 Å². The molecule has 3 nitrogen and oxygen atoms in total. The fourth-order valence-electron chi connectivity index (χ4n) is 3.56. The van der Waals surface area contributed by atoms with Crippen LogP contribution in [-0.2, 0) is 0 Å². The number of rotatable bonds is 3. The van der Waals surface area contributed by atoms with Gasteiger partial charge in [0.05, 0.1) is 16.1 Å². The minimum Gasteiger partial charge on any atom is -0.478 e. The lowest BCUT2D eigenvalue weighted by Crippen LogP contribution is -1.96. The van der Waals surface area contributed by atoms with E-state index in [-0.39, 0.29) is 0 Å². The van der Waals surface area contributed by atoms with Gasteiger partial charge in [-0.3, -0.25) is 4.98 Å². The summed E-state index contributed by atoms with van der Waals surface area (Å²) >= 11 is 1.67. The maximum atomic E-state index is 11.3. The Morgan fingerprint density at radius 2 is 2.00 bits per heavy atom. The van der Waals surface area contributed by atoms with Gasteiger partial charge in [0.15, 0.2) is 0 Å². The molecule has 2 aromatic heterocycles. The highest BCUT2D eigenvalue weighted by Gasteiger charge is 2.25. The van der Waals surface area contributed by atoms with Crippen LogP contribution in [0, 0.1) is 0 Å². The highest BCUT2D eigenvalue weighted by Crippen LogP contribution is 2.47. The summed E-state index contributed by atoms with van der Waals surface area (Å²) in [5.74, 6) is -0.307. The highest BCUT2D eigenvalue weighted by atomic mass is 32.1. The predicted molar refractivity (Wildman–Crippen MR) is 93.2 cm³/mol. The molecule has 3 aromatic rings. The van der Waals surface area contributed by atoms with Gasteiger partial charge in [0, 0.05) is 10.9 Å². The van der Waals surface area contributed by atoms with Crippen molar-refractivity contribution in [3.05, 3.63) is 53.7 Å². The first-order valence-electron chi connectivity index (χ1n) is 7.95. The maximum Gasteiger partial charge on any atom is 0.335 e. The molecule has 2 heterocycles.